The molecule has 2 heterocycles. The van der Waals surface area contributed by atoms with Crippen molar-refractivity contribution in [1.82, 2.24) is 9.78 Å². The molecule has 3 rings (SSSR count). The number of carbonyl (C=O) groups excluding carboxylic acids is 1. The van der Waals surface area contributed by atoms with Crippen molar-refractivity contribution in [2.75, 3.05) is 23.5 Å². The molecule has 1 aliphatic rings. The minimum Gasteiger partial charge on any atom is -0.311 e. The summed E-state index contributed by atoms with van der Waals surface area (Å²) >= 11 is 7.50. The van der Waals surface area contributed by atoms with Crippen molar-refractivity contribution in [2.24, 2.45) is 5.92 Å². The maximum absolute atomic E-state index is 12.8. The van der Waals surface area contributed by atoms with Gasteiger partial charge in [0.25, 0.3) is 5.92 Å². The van der Waals surface area contributed by atoms with E-state index < -0.39 is 11.8 Å². The SMILES string of the molecule is CN(C(=O)CCSCC1CC1(F)F)c1cn(-c2ccc[n+](O)c2)nc1Cl. The van der Waals surface area contributed by atoms with E-state index in [-0.39, 0.29) is 23.9 Å². The van der Waals surface area contributed by atoms with Crippen LogP contribution in [0.3, 0.4) is 0 Å². The number of alkyl halides is 2. The first-order chi connectivity index (χ1) is 12.3. The number of anilines is 1. The van der Waals surface area contributed by atoms with Crippen molar-refractivity contribution in [3.8, 4) is 5.69 Å². The number of hydrogen-bond donors (Lipinski definition) is 1. The summed E-state index contributed by atoms with van der Waals surface area (Å²) in [7, 11) is 1.59. The number of hydrogen-bond acceptors (Lipinski definition) is 4. The van der Waals surface area contributed by atoms with E-state index >= 15 is 0 Å². The number of carbonyl (C=O) groups is 1. The van der Waals surface area contributed by atoms with Crippen LogP contribution in [0, 0.1) is 5.92 Å². The van der Waals surface area contributed by atoms with Crippen molar-refractivity contribution in [2.45, 2.75) is 18.8 Å². The largest absolute Gasteiger partial charge is 0.311 e. The number of aromatic nitrogens is 3. The molecule has 10 heteroatoms. The van der Waals surface area contributed by atoms with E-state index in [9.17, 15) is 18.8 Å². The lowest BCUT2D eigenvalue weighted by Gasteiger charge is -2.15. The van der Waals surface area contributed by atoms with Gasteiger partial charge in [-0.15, -0.1) is 0 Å². The maximum Gasteiger partial charge on any atom is 0.252 e. The summed E-state index contributed by atoms with van der Waals surface area (Å²) in [5.74, 6) is -2.39. The fourth-order valence-corrected chi connectivity index (χ4v) is 3.81. The molecular weight excluding hydrogens is 386 g/mol. The summed E-state index contributed by atoms with van der Waals surface area (Å²) in [6.07, 6.45) is 4.67. The average molecular weight is 404 g/mol. The lowest BCUT2D eigenvalue weighted by Crippen LogP contribution is -2.29. The van der Waals surface area contributed by atoms with Gasteiger partial charge in [0.1, 0.15) is 11.4 Å². The second-order valence-corrected chi connectivity index (χ2v) is 7.64. The molecule has 0 aromatic carbocycles. The van der Waals surface area contributed by atoms with Crippen LogP contribution in [-0.2, 0) is 4.79 Å². The minimum absolute atomic E-state index is 0.0457. The highest BCUT2D eigenvalue weighted by Crippen LogP contribution is 2.50. The van der Waals surface area contributed by atoms with Gasteiger partial charge in [-0.2, -0.15) is 16.9 Å². The molecule has 0 spiro atoms. The first-order valence-electron chi connectivity index (χ1n) is 7.96. The van der Waals surface area contributed by atoms with Crippen molar-refractivity contribution in [1.29, 1.82) is 0 Å². The molecule has 140 valence electrons. The molecule has 26 heavy (non-hydrogen) atoms. The van der Waals surface area contributed by atoms with Crippen LogP contribution in [0.5, 0.6) is 0 Å². The van der Waals surface area contributed by atoms with Crippen LogP contribution in [0.4, 0.5) is 14.5 Å². The van der Waals surface area contributed by atoms with Gasteiger partial charge in [-0.05, 0) is 6.07 Å². The third kappa shape index (κ3) is 4.27. The number of nitrogens with zero attached hydrogens (tertiary/aromatic N) is 4. The Morgan fingerprint density at radius 3 is 3.00 bits per heavy atom. The molecule has 0 radical (unpaired) electrons. The average Bonchev–Trinajstić information content (AvgIpc) is 3.01. The fraction of sp³-hybridized carbons (Fsp3) is 0.438. The van der Waals surface area contributed by atoms with E-state index in [4.69, 9.17) is 11.6 Å². The predicted molar refractivity (Wildman–Crippen MR) is 94.4 cm³/mol. The van der Waals surface area contributed by atoms with Gasteiger partial charge < -0.3 is 4.90 Å². The van der Waals surface area contributed by atoms with E-state index in [1.54, 1.807) is 25.4 Å². The molecule has 1 saturated carbocycles. The monoisotopic (exact) mass is 403 g/mol. The molecule has 6 nitrogen and oxygen atoms in total. The highest BCUT2D eigenvalue weighted by molar-refractivity contribution is 7.99. The maximum atomic E-state index is 12.8. The summed E-state index contributed by atoms with van der Waals surface area (Å²) < 4.78 is 28.0. The Hall–Kier alpha value is -1.87. The summed E-state index contributed by atoms with van der Waals surface area (Å²) in [4.78, 5) is 13.7. The van der Waals surface area contributed by atoms with Crippen LogP contribution >= 0.6 is 23.4 Å². The van der Waals surface area contributed by atoms with Gasteiger partial charge in [0.2, 0.25) is 18.3 Å². The molecule has 1 fully saturated rings. The Labute approximate surface area is 158 Å². The van der Waals surface area contributed by atoms with Crippen LogP contribution in [0.1, 0.15) is 12.8 Å². The Morgan fingerprint density at radius 2 is 2.35 bits per heavy atom. The predicted octanol–water partition coefficient (Wildman–Crippen LogP) is 2.79. The molecule has 1 amide bonds. The molecule has 2 aromatic heterocycles. The topological polar surface area (TPSA) is 62.2 Å². The molecule has 2 aromatic rings. The van der Waals surface area contributed by atoms with Gasteiger partial charge in [-0.1, -0.05) is 11.6 Å². The molecule has 0 bridgehead atoms. The smallest absolute Gasteiger partial charge is 0.252 e. The quantitative estimate of drug-likeness (QED) is 0.438. The Kier molecular flexibility index (Phi) is 5.38. The summed E-state index contributed by atoms with van der Waals surface area (Å²) in [5.41, 5.74) is 1.01. The van der Waals surface area contributed by atoms with Gasteiger partial charge in [0, 0.05) is 48.1 Å². The van der Waals surface area contributed by atoms with Crippen LogP contribution < -0.4 is 9.63 Å². The Balaban J connectivity index is 1.57. The summed E-state index contributed by atoms with van der Waals surface area (Å²) in [5, 5.41) is 13.8. The first kappa shape index (κ1) is 18.9. The molecule has 1 unspecified atom stereocenters. The van der Waals surface area contributed by atoms with Crippen LogP contribution in [0.2, 0.25) is 5.15 Å². The number of pyridine rings is 1. The minimum atomic E-state index is -2.51. The zero-order valence-electron chi connectivity index (χ0n) is 14.0. The lowest BCUT2D eigenvalue weighted by molar-refractivity contribution is -0.904. The number of amides is 1. The third-order valence-electron chi connectivity index (χ3n) is 4.16. The summed E-state index contributed by atoms with van der Waals surface area (Å²) in [6, 6.07) is 3.37. The molecule has 1 aliphatic carbocycles. The molecule has 1 atom stereocenters. The number of halogens is 3. The van der Waals surface area contributed by atoms with Gasteiger partial charge in [-0.3, -0.25) is 10.0 Å². The van der Waals surface area contributed by atoms with E-state index in [0.29, 0.717) is 22.9 Å². The Bertz CT molecular complexity index is 817. The zero-order chi connectivity index (χ0) is 18.9. The van der Waals surface area contributed by atoms with Gasteiger partial charge in [-0.25, -0.2) is 13.5 Å². The van der Waals surface area contributed by atoms with Crippen LogP contribution in [0.25, 0.3) is 5.69 Å². The Morgan fingerprint density at radius 1 is 1.62 bits per heavy atom. The fourth-order valence-electron chi connectivity index (χ4n) is 2.43. The highest BCUT2D eigenvalue weighted by Gasteiger charge is 2.56. The van der Waals surface area contributed by atoms with Crippen molar-refractivity contribution in [3.63, 3.8) is 0 Å². The van der Waals surface area contributed by atoms with Crippen molar-refractivity contribution < 1.29 is 23.5 Å². The zero-order valence-corrected chi connectivity index (χ0v) is 15.6. The van der Waals surface area contributed by atoms with Crippen molar-refractivity contribution in [3.05, 3.63) is 35.9 Å². The van der Waals surface area contributed by atoms with E-state index in [0.717, 1.165) is 4.73 Å². The second-order valence-electron chi connectivity index (χ2n) is 6.13. The second kappa shape index (κ2) is 7.40. The number of rotatable bonds is 7. The van der Waals surface area contributed by atoms with Gasteiger partial charge >= 0.3 is 0 Å². The van der Waals surface area contributed by atoms with E-state index in [1.165, 1.54) is 33.7 Å². The van der Waals surface area contributed by atoms with Crippen LogP contribution in [-0.4, -0.2) is 45.4 Å². The molecule has 1 N–H and O–H groups in total. The van der Waals surface area contributed by atoms with Crippen LogP contribution in [0.15, 0.2) is 30.7 Å². The summed E-state index contributed by atoms with van der Waals surface area (Å²) in [6.45, 7) is 0. The molecular formula is C16H18ClF2N4O2S+. The van der Waals surface area contributed by atoms with E-state index in [2.05, 4.69) is 5.10 Å². The van der Waals surface area contributed by atoms with Crippen molar-refractivity contribution >= 4 is 35.0 Å². The van der Waals surface area contributed by atoms with Gasteiger partial charge in [0.05, 0.1) is 6.20 Å². The van der Waals surface area contributed by atoms with E-state index in [1.807, 2.05) is 0 Å². The lowest BCUT2D eigenvalue weighted by atomic mass is 10.4. The molecule has 0 saturated heterocycles. The van der Waals surface area contributed by atoms with Gasteiger partial charge in [0.15, 0.2) is 5.15 Å². The normalized spacial score (nSPS) is 17.9. The first-order valence-corrected chi connectivity index (χ1v) is 9.49. The third-order valence-corrected chi connectivity index (χ3v) is 5.56. The number of thioether (sulfide) groups is 1. The standard InChI is InChI=1S/C16H18ClF2N4O2S/c1-21(14(24)4-6-26-10-11-7-16(11,18)19)13-9-23(20-15(13)17)12-3-2-5-22(25)8-12/h2-3,5,8-9,11,25H,4,6-7,10H2,1H3/q+1. The highest BCUT2D eigenvalue weighted by atomic mass is 35.5. The molecule has 0 aliphatic heterocycles.